The monoisotopic (exact) mass is 246 g/mol. The van der Waals surface area contributed by atoms with Crippen LogP contribution in [0.1, 0.15) is 25.7 Å². The van der Waals surface area contributed by atoms with E-state index >= 15 is 0 Å². The third-order valence-electron chi connectivity index (χ3n) is 3.03. The quantitative estimate of drug-likeness (QED) is 0.726. The second kappa shape index (κ2) is 7.14. The molecular weight excluding hydrogens is 224 g/mol. The first-order valence-corrected chi connectivity index (χ1v) is 7.03. The van der Waals surface area contributed by atoms with E-state index in [0.717, 1.165) is 12.8 Å². The summed E-state index contributed by atoms with van der Waals surface area (Å²) in [7, 11) is 1.62. The highest BCUT2D eigenvalue weighted by Crippen LogP contribution is 2.28. The van der Waals surface area contributed by atoms with Gasteiger partial charge >= 0.3 is 0 Å². The van der Waals surface area contributed by atoms with E-state index in [0.29, 0.717) is 24.3 Å². The Bertz CT molecular complexity index is 226. The fourth-order valence-electron chi connectivity index (χ4n) is 1.97. The van der Waals surface area contributed by atoms with Crippen LogP contribution in [0.15, 0.2) is 0 Å². The minimum absolute atomic E-state index is 0.0381. The van der Waals surface area contributed by atoms with Crippen LogP contribution >= 0.6 is 11.8 Å². The van der Waals surface area contributed by atoms with E-state index in [1.54, 1.807) is 7.11 Å². The van der Waals surface area contributed by atoms with Crippen molar-refractivity contribution in [1.82, 2.24) is 5.32 Å². The molecule has 16 heavy (non-hydrogen) atoms. The molecule has 1 fully saturated rings. The number of ether oxygens (including phenoxy) is 1. The Morgan fingerprint density at radius 2 is 2.38 bits per heavy atom. The Kier molecular flexibility index (Phi) is 6.16. The maximum absolute atomic E-state index is 11.7. The van der Waals surface area contributed by atoms with Crippen LogP contribution in [-0.4, -0.2) is 43.2 Å². The van der Waals surface area contributed by atoms with Crippen LogP contribution in [0.3, 0.4) is 0 Å². The lowest BCUT2D eigenvalue weighted by Crippen LogP contribution is -2.45. The number of thioether (sulfide) groups is 1. The van der Waals surface area contributed by atoms with E-state index in [9.17, 15) is 4.79 Å². The van der Waals surface area contributed by atoms with Crippen LogP contribution < -0.4 is 11.1 Å². The van der Waals surface area contributed by atoms with E-state index < -0.39 is 6.04 Å². The normalized spacial score (nSPS) is 26.7. The summed E-state index contributed by atoms with van der Waals surface area (Å²) in [6, 6.07) is -0.119. The molecule has 3 N–H and O–H groups in total. The average molecular weight is 246 g/mol. The zero-order valence-electron chi connectivity index (χ0n) is 10.1. The van der Waals surface area contributed by atoms with Gasteiger partial charge in [-0.15, -0.1) is 0 Å². The Morgan fingerprint density at radius 1 is 1.62 bits per heavy atom. The maximum atomic E-state index is 11.7. The first-order chi connectivity index (χ1) is 7.67. The van der Waals surface area contributed by atoms with Crippen molar-refractivity contribution in [2.45, 2.75) is 43.0 Å². The van der Waals surface area contributed by atoms with E-state index in [2.05, 4.69) is 11.6 Å². The Morgan fingerprint density at radius 3 is 2.94 bits per heavy atom. The summed E-state index contributed by atoms with van der Waals surface area (Å²) in [4.78, 5) is 11.7. The number of rotatable bonds is 6. The lowest BCUT2D eigenvalue weighted by Gasteiger charge is -2.16. The van der Waals surface area contributed by atoms with Gasteiger partial charge in [-0.1, -0.05) is 0 Å². The van der Waals surface area contributed by atoms with Gasteiger partial charge in [-0.2, -0.15) is 11.8 Å². The number of carbonyl (C=O) groups excluding carboxylic acids is 1. The second-order valence-corrected chi connectivity index (χ2v) is 5.40. The number of carbonyl (C=O) groups is 1. The molecule has 1 amide bonds. The fourth-order valence-corrected chi connectivity index (χ4v) is 2.77. The molecule has 0 aromatic heterocycles. The zero-order valence-corrected chi connectivity index (χ0v) is 10.9. The number of amides is 1. The number of methoxy groups -OCH3 is 1. The molecule has 0 radical (unpaired) electrons. The van der Waals surface area contributed by atoms with Gasteiger partial charge in [0.1, 0.15) is 0 Å². The summed E-state index contributed by atoms with van der Waals surface area (Å²) in [5.74, 6) is -0.0381. The topological polar surface area (TPSA) is 64.3 Å². The van der Waals surface area contributed by atoms with Crippen LogP contribution in [-0.2, 0) is 9.53 Å². The predicted octanol–water partition coefficient (Wildman–Crippen LogP) is 0.751. The van der Waals surface area contributed by atoms with Gasteiger partial charge in [-0.3, -0.25) is 4.79 Å². The molecule has 3 atom stereocenters. The molecule has 0 aromatic rings. The first kappa shape index (κ1) is 13.8. The number of nitrogens with two attached hydrogens (primary N) is 1. The minimum Gasteiger partial charge on any atom is -0.385 e. The third-order valence-corrected chi connectivity index (χ3v) is 4.13. The van der Waals surface area contributed by atoms with Gasteiger partial charge in [0, 0.05) is 25.0 Å². The first-order valence-electron chi connectivity index (χ1n) is 5.75. The molecule has 0 spiro atoms. The lowest BCUT2D eigenvalue weighted by atomic mass is 10.2. The highest BCUT2D eigenvalue weighted by Gasteiger charge is 2.26. The molecule has 1 aliphatic rings. The van der Waals surface area contributed by atoms with Crippen LogP contribution in [0.25, 0.3) is 0 Å². The van der Waals surface area contributed by atoms with Crippen molar-refractivity contribution >= 4 is 17.7 Å². The Labute approximate surface area is 102 Å². The van der Waals surface area contributed by atoms with E-state index in [1.165, 1.54) is 6.42 Å². The van der Waals surface area contributed by atoms with E-state index in [4.69, 9.17) is 10.5 Å². The molecule has 0 aliphatic heterocycles. The van der Waals surface area contributed by atoms with Crippen LogP contribution in [0.2, 0.25) is 0 Å². The third kappa shape index (κ3) is 4.31. The van der Waals surface area contributed by atoms with Gasteiger partial charge in [-0.25, -0.2) is 0 Å². The average Bonchev–Trinajstić information content (AvgIpc) is 2.73. The van der Waals surface area contributed by atoms with Crippen molar-refractivity contribution in [2.24, 2.45) is 5.73 Å². The maximum Gasteiger partial charge on any atom is 0.237 e. The van der Waals surface area contributed by atoms with Crippen molar-refractivity contribution in [3.05, 3.63) is 0 Å². The molecule has 0 aromatic carbocycles. The van der Waals surface area contributed by atoms with Crippen LogP contribution in [0, 0.1) is 0 Å². The highest BCUT2D eigenvalue weighted by atomic mass is 32.2. The SMILES string of the molecule is COCCC(N)C(=O)NC1CCC(SC)C1. The summed E-state index contributed by atoms with van der Waals surface area (Å²) < 4.78 is 4.90. The van der Waals surface area contributed by atoms with Gasteiger partial charge in [0.2, 0.25) is 5.91 Å². The number of nitrogens with one attached hydrogen (secondary N) is 1. The summed E-state index contributed by atoms with van der Waals surface area (Å²) in [5.41, 5.74) is 5.75. The highest BCUT2D eigenvalue weighted by molar-refractivity contribution is 7.99. The van der Waals surface area contributed by atoms with E-state index in [1.807, 2.05) is 11.8 Å². The molecule has 5 heteroatoms. The van der Waals surface area contributed by atoms with Gasteiger partial charge in [0.25, 0.3) is 0 Å². The molecule has 1 saturated carbocycles. The van der Waals surface area contributed by atoms with Crippen molar-refractivity contribution in [1.29, 1.82) is 0 Å². The van der Waals surface area contributed by atoms with Crippen LogP contribution in [0.5, 0.6) is 0 Å². The van der Waals surface area contributed by atoms with Crippen molar-refractivity contribution in [2.75, 3.05) is 20.0 Å². The van der Waals surface area contributed by atoms with E-state index in [-0.39, 0.29) is 5.91 Å². The molecule has 4 nitrogen and oxygen atoms in total. The molecule has 1 aliphatic carbocycles. The molecular formula is C11H22N2O2S. The zero-order chi connectivity index (χ0) is 12.0. The molecule has 0 heterocycles. The smallest absolute Gasteiger partial charge is 0.237 e. The van der Waals surface area contributed by atoms with Crippen molar-refractivity contribution in [3.63, 3.8) is 0 Å². The molecule has 3 unspecified atom stereocenters. The number of hydrogen-bond donors (Lipinski definition) is 2. The Hall–Kier alpha value is -0.260. The standard InChI is InChI=1S/C11H22N2O2S/c1-15-6-5-10(12)11(14)13-8-3-4-9(7-8)16-2/h8-10H,3-7,12H2,1-2H3,(H,13,14). The molecule has 94 valence electrons. The second-order valence-electron chi connectivity index (χ2n) is 4.26. The van der Waals surface area contributed by atoms with Crippen LogP contribution in [0.4, 0.5) is 0 Å². The summed E-state index contributed by atoms with van der Waals surface area (Å²) in [6.07, 6.45) is 6.05. The summed E-state index contributed by atoms with van der Waals surface area (Å²) >= 11 is 1.88. The summed E-state index contributed by atoms with van der Waals surface area (Å²) in [6.45, 7) is 0.534. The minimum atomic E-state index is -0.437. The predicted molar refractivity (Wildman–Crippen MR) is 67.6 cm³/mol. The molecule has 0 saturated heterocycles. The summed E-state index contributed by atoms with van der Waals surface area (Å²) in [5, 5.41) is 3.71. The Balaban J connectivity index is 2.23. The fraction of sp³-hybridized carbons (Fsp3) is 0.909. The van der Waals surface area contributed by atoms with Gasteiger partial charge in [-0.05, 0) is 31.9 Å². The number of hydrogen-bond acceptors (Lipinski definition) is 4. The molecule has 0 bridgehead atoms. The van der Waals surface area contributed by atoms with Crippen molar-refractivity contribution < 1.29 is 9.53 Å². The lowest BCUT2D eigenvalue weighted by molar-refractivity contribution is -0.123. The van der Waals surface area contributed by atoms with Gasteiger partial charge in [0.05, 0.1) is 6.04 Å². The van der Waals surface area contributed by atoms with Crippen molar-refractivity contribution in [3.8, 4) is 0 Å². The van der Waals surface area contributed by atoms with Gasteiger partial charge < -0.3 is 15.8 Å². The molecule has 1 rings (SSSR count). The van der Waals surface area contributed by atoms with Gasteiger partial charge in [0.15, 0.2) is 0 Å². The largest absolute Gasteiger partial charge is 0.385 e.